The van der Waals surface area contributed by atoms with Gasteiger partial charge in [0.05, 0.1) is 6.42 Å². The second kappa shape index (κ2) is 8.13. The van der Waals surface area contributed by atoms with E-state index in [9.17, 15) is 9.59 Å². The molecule has 4 rings (SSSR count). The van der Waals surface area contributed by atoms with Gasteiger partial charge in [0.1, 0.15) is 5.69 Å². The zero-order valence-corrected chi connectivity index (χ0v) is 16.4. The molecule has 0 spiro atoms. The first-order valence-corrected chi connectivity index (χ1v) is 10.2. The number of piperidine rings is 2. The maximum Gasteiger partial charge on any atom is 0.272 e. The first-order valence-electron chi connectivity index (χ1n) is 10.2. The SMILES string of the molecule is Cc1cccc(CC(=O)N2CCC[C@@H]3CN(C(=O)c4ccccn4)CC[C@@H]32)c1. The topological polar surface area (TPSA) is 53.5 Å². The molecule has 2 aliphatic rings. The fourth-order valence-corrected chi connectivity index (χ4v) is 4.65. The molecule has 1 aromatic heterocycles. The zero-order chi connectivity index (χ0) is 19.5. The molecule has 5 heteroatoms. The van der Waals surface area contributed by atoms with E-state index in [0.29, 0.717) is 31.1 Å². The highest BCUT2D eigenvalue weighted by Gasteiger charge is 2.39. The van der Waals surface area contributed by atoms with Crippen LogP contribution in [0.15, 0.2) is 48.7 Å². The molecule has 2 saturated heterocycles. The first kappa shape index (κ1) is 18.7. The Hall–Kier alpha value is -2.69. The maximum atomic E-state index is 13.0. The summed E-state index contributed by atoms with van der Waals surface area (Å²) in [6.45, 7) is 4.29. The molecule has 2 fully saturated rings. The lowest BCUT2D eigenvalue weighted by Gasteiger charge is -2.47. The van der Waals surface area contributed by atoms with Crippen molar-refractivity contribution in [2.75, 3.05) is 19.6 Å². The van der Waals surface area contributed by atoms with E-state index in [1.807, 2.05) is 29.2 Å². The monoisotopic (exact) mass is 377 g/mol. The van der Waals surface area contributed by atoms with Gasteiger partial charge in [0.25, 0.3) is 5.91 Å². The molecule has 0 aliphatic carbocycles. The van der Waals surface area contributed by atoms with E-state index >= 15 is 0 Å². The number of aromatic nitrogens is 1. The van der Waals surface area contributed by atoms with Crippen molar-refractivity contribution < 1.29 is 9.59 Å². The number of nitrogens with zero attached hydrogens (tertiary/aromatic N) is 3. The number of benzene rings is 1. The quantitative estimate of drug-likeness (QED) is 0.826. The number of likely N-dealkylation sites (tertiary alicyclic amines) is 2. The van der Waals surface area contributed by atoms with Crippen molar-refractivity contribution in [1.82, 2.24) is 14.8 Å². The minimum absolute atomic E-state index is 0.00209. The van der Waals surface area contributed by atoms with E-state index in [1.54, 1.807) is 12.3 Å². The smallest absolute Gasteiger partial charge is 0.272 e. The second-order valence-corrected chi connectivity index (χ2v) is 7.98. The van der Waals surface area contributed by atoms with Crippen LogP contribution in [0.3, 0.4) is 0 Å². The number of fused-ring (bicyclic) bond motifs is 1. The van der Waals surface area contributed by atoms with Crippen molar-refractivity contribution in [2.24, 2.45) is 5.92 Å². The van der Waals surface area contributed by atoms with Crippen LogP contribution in [0.5, 0.6) is 0 Å². The minimum Gasteiger partial charge on any atom is -0.339 e. The van der Waals surface area contributed by atoms with Crippen molar-refractivity contribution in [3.8, 4) is 0 Å². The zero-order valence-electron chi connectivity index (χ0n) is 16.4. The Bertz CT molecular complexity index is 852. The van der Waals surface area contributed by atoms with E-state index in [1.165, 1.54) is 5.56 Å². The average Bonchev–Trinajstić information content (AvgIpc) is 2.73. The molecular weight excluding hydrogens is 350 g/mol. The van der Waals surface area contributed by atoms with Gasteiger partial charge in [-0.25, -0.2) is 0 Å². The standard InChI is InChI=1S/C23H27N3O2/c1-17-6-4-7-18(14-17)15-22(27)26-12-5-8-19-16-25(13-10-21(19)26)23(28)20-9-2-3-11-24-20/h2-4,6-7,9,11,14,19,21H,5,8,10,12-13,15-16H2,1H3/t19-,21+/m1/s1. The third-order valence-electron chi connectivity index (χ3n) is 6.00. The van der Waals surface area contributed by atoms with Crippen molar-refractivity contribution in [2.45, 2.75) is 38.6 Å². The number of aryl methyl sites for hydroxylation is 1. The number of pyridine rings is 1. The number of hydrogen-bond donors (Lipinski definition) is 0. The molecule has 3 heterocycles. The molecular formula is C23H27N3O2. The van der Waals surface area contributed by atoms with Crippen molar-refractivity contribution in [3.63, 3.8) is 0 Å². The second-order valence-electron chi connectivity index (χ2n) is 7.98. The van der Waals surface area contributed by atoms with Crippen molar-refractivity contribution in [3.05, 3.63) is 65.5 Å². The van der Waals surface area contributed by atoms with E-state index in [4.69, 9.17) is 0 Å². The lowest BCUT2D eigenvalue weighted by atomic mass is 9.83. The third kappa shape index (κ3) is 3.93. The third-order valence-corrected chi connectivity index (χ3v) is 6.00. The lowest BCUT2D eigenvalue weighted by Crippen LogP contribution is -2.57. The molecule has 0 saturated carbocycles. The highest BCUT2D eigenvalue weighted by Crippen LogP contribution is 2.31. The minimum atomic E-state index is 0.00209. The summed E-state index contributed by atoms with van der Waals surface area (Å²) in [6.07, 6.45) is 5.05. The van der Waals surface area contributed by atoms with E-state index in [-0.39, 0.29) is 17.9 Å². The molecule has 0 unspecified atom stereocenters. The number of carbonyl (C=O) groups excluding carboxylic acids is 2. The van der Waals surface area contributed by atoms with Gasteiger partial charge in [-0.05, 0) is 49.8 Å². The van der Waals surface area contributed by atoms with Gasteiger partial charge in [0, 0.05) is 31.9 Å². The summed E-state index contributed by atoms with van der Waals surface area (Å²) in [5.41, 5.74) is 2.77. The highest BCUT2D eigenvalue weighted by atomic mass is 16.2. The van der Waals surface area contributed by atoms with Crippen LogP contribution >= 0.6 is 0 Å². The van der Waals surface area contributed by atoms with Gasteiger partial charge in [-0.1, -0.05) is 35.9 Å². The van der Waals surface area contributed by atoms with Gasteiger partial charge >= 0.3 is 0 Å². The van der Waals surface area contributed by atoms with E-state index in [2.05, 4.69) is 28.9 Å². The van der Waals surface area contributed by atoms with Gasteiger partial charge in [0.15, 0.2) is 0 Å². The molecule has 2 aromatic rings. The van der Waals surface area contributed by atoms with Gasteiger partial charge in [-0.3, -0.25) is 14.6 Å². The molecule has 0 bridgehead atoms. The molecule has 5 nitrogen and oxygen atoms in total. The molecule has 0 radical (unpaired) electrons. The number of amides is 2. The van der Waals surface area contributed by atoms with Crippen LogP contribution in [0.2, 0.25) is 0 Å². The Morgan fingerprint density at radius 3 is 2.79 bits per heavy atom. The Kier molecular flexibility index (Phi) is 5.42. The van der Waals surface area contributed by atoms with Crippen LogP contribution in [0.25, 0.3) is 0 Å². The predicted octanol–water partition coefficient (Wildman–Crippen LogP) is 3.09. The van der Waals surface area contributed by atoms with E-state index < -0.39 is 0 Å². The molecule has 0 N–H and O–H groups in total. The van der Waals surface area contributed by atoms with Crippen LogP contribution < -0.4 is 0 Å². The van der Waals surface area contributed by atoms with Crippen molar-refractivity contribution >= 4 is 11.8 Å². The van der Waals surface area contributed by atoms with E-state index in [0.717, 1.165) is 31.4 Å². The highest BCUT2D eigenvalue weighted by molar-refractivity contribution is 5.92. The number of hydrogen-bond acceptors (Lipinski definition) is 3. The fraction of sp³-hybridized carbons (Fsp3) is 0.435. The summed E-state index contributed by atoms with van der Waals surface area (Å²) in [7, 11) is 0. The Morgan fingerprint density at radius 1 is 1.11 bits per heavy atom. The molecule has 2 amide bonds. The summed E-state index contributed by atoms with van der Waals surface area (Å²) in [6, 6.07) is 13.9. The van der Waals surface area contributed by atoms with Crippen LogP contribution in [0.1, 0.15) is 40.9 Å². The Morgan fingerprint density at radius 2 is 2.00 bits per heavy atom. The number of rotatable bonds is 3. The Labute approximate surface area is 166 Å². The summed E-state index contributed by atoms with van der Waals surface area (Å²) < 4.78 is 0. The molecule has 2 aliphatic heterocycles. The maximum absolute atomic E-state index is 13.0. The molecule has 1 aromatic carbocycles. The van der Waals surface area contributed by atoms with Gasteiger partial charge in [-0.15, -0.1) is 0 Å². The first-order chi connectivity index (χ1) is 13.6. The molecule has 2 atom stereocenters. The predicted molar refractivity (Wildman–Crippen MR) is 108 cm³/mol. The normalized spacial score (nSPS) is 21.9. The largest absolute Gasteiger partial charge is 0.339 e. The van der Waals surface area contributed by atoms with Crippen LogP contribution in [-0.2, 0) is 11.2 Å². The summed E-state index contributed by atoms with van der Waals surface area (Å²) >= 11 is 0. The summed E-state index contributed by atoms with van der Waals surface area (Å²) in [4.78, 5) is 33.9. The molecule has 146 valence electrons. The molecule has 28 heavy (non-hydrogen) atoms. The van der Waals surface area contributed by atoms with Crippen LogP contribution in [0, 0.1) is 12.8 Å². The number of carbonyl (C=O) groups is 2. The Balaban J connectivity index is 1.42. The van der Waals surface area contributed by atoms with Gasteiger partial charge in [-0.2, -0.15) is 0 Å². The van der Waals surface area contributed by atoms with Gasteiger partial charge in [0.2, 0.25) is 5.91 Å². The average molecular weight is 377 g/mol. The van der Waals surface area contributed by atoms with Crippen molar-refractivity contribution in [1.29, 1.82) is 0 Å². The van der Waals surface area contributed by atoms with Crippen LogP contribution in [-0.4, -0.2) is 52.3 Å². The summed E-state index contributed by atoms with van der Waals surface area (Å²) in [5.74, 6) is 0.573. The van der Waals surface area contributed by atoms with Gasteiger partial charge < -0.3 is 9.80 Å². The lowest BCUT2D eigenvalue weighted by molar-refractivity contribution is -0.137. The fourth-order valence-electron chi connectivity index (χ4n) is 4.65. The van der Waals surface area contributed by atoms with Crippen LogP contribution in [0.4, 0.5) is 0 Å². The summed E-state index contributed by atoms with van der Waals surface area (Å²) in [5, 5.41) is 0.